The third kappa shape index (κ3) is 3.70. The zero-order valence-corrected chi connectivity index (χ0v) is 18.9. The molecule has 3 aromatic heterocycles. The predicted molar refractivity (Wildman–Crippen MR) is 122 cm³/mol. The molecule has 0 aliphatic rings. The van der Waals surface area contributed by atoms with E-state index in [2.05, 4.69) is 15.0 Å². The average molecular weight is 457 g/mol. The first kappa shape index (κ1) is 21.4. The Balaban J connectivity index is 2.16. The third-order valence-corrected chi connectivity index (χ3v) is 5.65. The van der Waals surface area contributed by atoms with Crippen LogP contribution in [0.15, 0.2) is 41.3 Å². The summed E-state index contributed by atoms with van der Waals surface area (Å²) in [4.78, 5) is 26.1. The lowest BCUT2D eigenvalue weighted by atomic mass is 10.0. The second-order valence-electron chi connectivity index (χ2n) is 7.71. The monoisotopic (exact) mass is 456 g/mol. The van der Waals surface area contributed by atoms with E-state index in [0.29, 0.717) is 16.8 Å². The summed E-state index contributed by atoms with van der Waals surface area (Å²) in [5.41, 5.74) is 3.08. The first-order valence-corrected chi connectivity index (χ1v) is 10.5. The molecule has 5 nitrogen and oxygen atoms in total. The molecule has 0 N–H and O–H groups in total. The van der Waals surface area contributed by atoms with Gasteiger partial charge in [-0.2, -0.15) is 4.98 Å². The molecule has 3 heterocycles. The van der Waals surface area contributed by atoms with Crippen molar-refractivity contribution in [2.24, 2.45) is 0 Å². The van der Waals surface area contributed by atoms with Crippen LogP contribution in [0.3, 0.4) is 0 Å². The van der Waals surface area contributed by atoms with Crippen LogP contribution >= 0.6 is 23.2 Å². The smallest absolute Gasteiger partial charge is 0.259 e. The summed E-state index contributed by atoms with van der Waals surface area (Å²) in [7, 11) is 0. The van der Waals surface area contributed by atoms with Crippen molar-refractivity contribution < 1.29 is 4.39 Å². The second-order valence-corrected chi connectivity index (χ2v) is 8.48. The van der Waals surface area contributed by atoms with E-state index in [1.54, 1.807) is 24.4 Å². The van der Waals surface area contributed by atoms with Crippen LogP contribution in [-0.2, 0) is 0 Å². The van der Waals surface area contributed by atoms with Crippen LogP contribution in [0.25, 0.3) is 28.0 Å². The highest BCUT2D eigenvalue weighted by Gasteiger charge is 2.22. The van der Waals surface area contributed by atoms with Crippen molar-refractivity contribution in [2.45, 2.75) is 33.6 Å². The van der Waals surface area contributed by atoms with Crippen LogP contribution < -0.4 is 5.69 Å². The van der Waals surface area contributed by atoms with Crippen LogP contribution in [0.1, 0.15) is 36.6 Å². The van der Waals surface area contributed by atoms with Gasteiger partial charge in [-0.1, -0.05) is 48.7 Å². The van der Waals surface area contributed by atoms with Crippen LogP contribution in [-0.4, -0.2) is 19.5 Å². The average Bonchev–Trinajstić information content (AvgIpc) is 2.71. The minimum atomic E-state index is -0.596. The molecule has 0 saturated carbocycles. The van der Waals surface area contributed by atoms with Crippen molar-refractivity contribution in [1.29, 1.82) is 0 Å². The Morgan fingerprint density at radius 1 is 1.06 bits per heavy atom. The number of pyridine rings is 2. The standard InChI is InChI=1S/C23H19Cl2FN4O/c1-11(2)18-20(13(4)7-8-27-18)30-22-15(21(25)29-23(30)31)10-16(24)19(28-22)14-9-12(3)5-6-17(14)26/h5-11H,1-4H3. The van der Waals surface area contributed by atoms with Gasteiger partial charge in [0.05, 0.1) is 27.5 Å². The maximum Gasteiger partial charge on any atom is 0.355 e. The lowest BCUT2D eigenvalue weighted by molar-refractivity contribution is 0.630. The molecular weight excluding hydrogens is 438 g/mol. The Bertz CT molecular complexity index is 1400. The van der Waals surface area contributed by atoms with Gasteiger partial charge in [0.15, 0.2) is 5.65 Å². The molecule has 0 aliphatic carbocycles. The molecule has 0 atom stereocenters. The molecule has 0 spiro atoms. The highest BCUT2D eigenvalue weighted by atomic mass is 35.5. The number of hydrogen-bond acceptors (Lipinski definition) is 4. The van der Waals surface area contributed by atoms with Crippen molar-refractivity contribution in [3.8, 4) is 16.9 Å². The molecule has 0 amide bonds. The summed E-state index contributed by atoms with van der Waals surface area (Å²) in [6.07, 6.45) is 1.70. The quantitative estimate of drug-likeness (QED) is 0.353. The normalized spacial score (nSPS) is 11.5. The molecule has 0 unspecified atom stereocenters. The summed E-state index contributed by atoms with van der Waals surface area (Å²) in [5, 5.41) is 0.577. The van der Waals surface area contributed by atoms with Crippen molar-refractivity contribution in [1.82, 2.24) is 19.5 Å². The Labute approximate surface area is 188 Å². The number of fused-ring (bicyclic) bond motifs is 1. The van der Waals surface area contributed by atoms with Gasteiger partial charge in [-0.05, 0) is 49.6 Å². The van der Waals surface area contributed by atoms with Gasteiger partial charge in [-0.3, -0.25) is 4.98 Å². The Morgan fingerprint density at radius 2 is 1.81 bits per heavy atom. The van der Waals surface area contributed by atoms with E-state index in [4.69, 9.17) is 23.2 Å². The molecule has 4 rings (SSSR count). The van der Waals surface area contributed by atoms with E-state index < -0.39 is 11.5 Å². The van der Waals surface area contributed by atoms with E-state index in [-0.39, 0.29) is 33.0 Å². The van der Waals surface area contributed by atoms with E-state index in [9.17, 15) is 9.18 Å². The molecule has 0 saturated heterocycles. The molecule has 1 aromatic carbocycles. The van der Waals surface area contributed by atoms with Crippen LogP contribution in [0.2, 0.25) is 10.2 Å². The maximum atomic E-state index is 14.6. The van der Waals surface area contributed by atoms with E-state index in [1.165, 1.54) is 10.6 Å². The lowest BCUT2D eigenvalue weighted by Crippen LogP contribution is -2.25. The predicted octanol–water partition coefficient (Wildman–Crippen LogP) is 6.03. The summed E-state index contributed by atoms with van der Waals surface area (Å²) >= 11 is 12.7. The zero-order chi connectivity index (χ0) is 22.4. The minimum Gasteiger partial charge on any atom is -0.259 e. The van der Waals surface area contributed by atoms with Gasteiger partial charge in [0, 0.05) is 11.8 Å². The van der Waals surface area contributed by atoms with Gasteiger partial charge >= 0.3 is 5.69 Å². The SMILES string of the molecule is Cc1ccc(F)c(-c2nc3c(cc2Cl)c(Cl)nc(=O)n3-c2c(C)ccnc2C(C)C)c1. The summed E-state index contributed by atoms with van der Waals surface area (Å²) in [6, 6.07) is 8.06. The van der Waals surface area contributed by atoms with Crippen molar-refractivity contribution in [3.63, 3.8) is 0 Å². The molecule has 8 heteroatoms. The summed E-state index contributed by atoms with van der Waals surface area (Å²) in [6.45, 7) is 7.70. The molecule has 0 aliphatic heterocycles. The van der Waals surface area contributed by atoms with Crippen LogP contribution in [0.4, 0.5) is 4.39 Å². The fourth-order valence-electron chi connectivity index (χ4n) is 3.58. The van der Waals surface area contributed by atoms with Crippen molar-refractivity contribution in [2.75, 3.05) is 0 Å². The molecular formula is C23H19Cl2FN4O. The van der Waals surface area contributed by atoms with Gasteiger partial charge in [-0.15, -0.1) is 0 Å². The third-order valence-electron chi connectivity index (χ3n) is 5.08. The van der Waals surface area contributed by atoms with E-state index in [1.807, 2.05) is 33.8 Å². The molecule has 0 radical (unpaired) electrons. The number of benzene rings is 1. The molecule has 0 fully saturated rings. The Hall–Kier alpha value is -2.83. The number of halogens is 3. The number of aromatic nitrogens is 4. The minimum absolute atomic E-state index is 0.0189. The summed E-state index contributed by atoms with van der Waals surface area (Å²) in [5.74, 6) is -0.428. The van der Waals surface area contributed by atoms with Gasteiger partial charge in [-0.25, -0.2) is 18.7 Å². The van der Waals surface area contributed by atoms with Crippen molar-refractivity contribution >= 4 is 34.2 Å². The number of hydrogen-bond donors (Lipinski definition) is 0. The Morgan fingerprint density at radius 3 is 2.52 bits per heavy atom. The maximum absolute atomic E-state index is 14.6. The molecule has 31 heavy (non-hydrogen) atoms. The van der Waals surface area contributed by atoms with Gasteiger partial charge in [0.1, 0.15) is 11.0 Å². The first-order chi connectivity index (χ1) is 14.7. The summed E-state index contributed by atoms with van der Waals surface area (Å²) < 4.78 is 16.0. The van der Waals surface area contributed by atoms with Crippen LogP contribution in [0.5, 0.6) is 0 Å². The molecule has 4 aromatic rings. The van der Waals surface area contributed by atoms with Crippen LogP contribution in [0, 0.1) is 19.7 Å². The van der Waals surface area contributed by atoms with E-state index in [0.717, 1.165) is 11.1 Å². The second kappa shape index (κ2) is 8.02. The Kier molecular flexibility index (Phi) is 5.54. The number of nitrogens with zero attached hydrogens (tertiary/aromatic N) is 4. The first-order valence-electron chi connectivity index (χ1n) is 9.70. The lowest BCUT2D eigenvalue weighted by Gasteiger charge is -2.18. The largest absolute Gasteiger partial charge is 0.355 e. The van der Waals surface area contributed by atoms with Gasteiger partial charge in [0.25, 0.3) is 0 Å². The fraction of sp³-hybridized carbons (Fsp3) is 0.217. The molecule has 0 bridgehead atoms. The topological polar surface area (TPSA) is 60.7 Å². The highest BCUT2D eigenvalue weighted by Crippen LogP contribution is 2.34. The van der Waals surface area contributed by atoms with Gasteiger partial charge < -0.3 is 0 Å². The number of rotatable bonds is 3. The number of aryl methyl sites for hydroxylation is 2. The van der Waals surface area contributed by atoms with Gasteiger partial charge in [0.2, 0.25) is 0 Å². The molecule has 158 valence electrons. The fourth-order valence-corrected chi connectivity index (χ4v) is 4.05. The highest BCUT2D eigenvalue weighted by molar-refractivity contribution is 6.36. The van der Waals surface area contributed by atoms with E-state index >= 15 is 0 Å². The van der Waals surface area contributed by atoms with Crippen molar-refractivity contribution in [3.05, 3.63) is 79.8 Å². The zero-order valence-electron chi connectivity index (χ0n) is 17.4.